The van der Waals surface area contributed by atoms with E-state index in [0.717, 1.165) is 18.7 Å². The molecule has 0 bridgehead atoms. The zero-order chi connectivity index (χ0) is 13.7. The number of nitrogens with one attached hydrogen (secondary N) is 1. The first-order chi connectivity index (χ1) is 9.15. The van der Waals surface area contributed by atoms with Crippen LogP contribution in [0.2, 0.25) is 5.02 Å². The average Bonchev–Trinajstić information content (AvgIpc) is 2.86. The van der Waals surface area contributed by atoms with Gasteiger partial charge in [0.25, 0.3) is 0 Å². The van der Waals surface area contributed by atoms with Crippen LogP contribution in [0.15, 0.2) is 18.2 Å². The van der Waals surface area contributed by atoms with Gasteiger partial charge in [0, 0.05) is 13.1 Å². The monoisotopic (exact) mass is 282 g/mol. The highest BCUT2D eigenvalue weighted by molar-refractivity contribution is 6.32. The van der Waals surface area contributed by atoms with Crippen LogP contribution in [0.25, 0.3) is 0 Å². The molecule has 0 spiro atoms. The van der Waals surface area contributed by atoms with E-state index in [4.69, 9.17) is 11.6 Å². The van der Waals surface area contributed by atoms with Crippen LogP contribution >= 0.6 is 11.6 Å². The summed E-state index contributed by atoms with van der Waals surface area (Å²) in [6, 6.07) is 5.36. The van der Waals surface area contributed by atoms with Gasteiger partial charge in [0.05, 0.1) is 5.02 Å². The Morgan fingerprint density at radius 1 is 1.37 bits per heavy atom. The van der Waals surface area contributed by atoms with Gasteiger partial charge in [-0.05, 0) is 56.1 Å². The molecular formula is C15H23ClN2O. The van der Waals surface area contributed by atoms with Crippen molar-refractivity contribution >= 4 is 11.6 Å². The van der Waals surface area contributed by atoms with Crippen molar-refractivity contribution in [1.29, 1.82) is 0 Å². The van der Waals surface area contributed by atoms with E-state index in [1.54, 1.807) is 6.07 Å². The van der Waals surface area contributed by atoms with Gasteiger partial charge in [0.2, 0.25) is 0 Å². The molecule has 0 aliphatic carbocycles. The lowest BCUT2D eigenvalue weighted by Gasteiger charge is -2.20. The first-order valence-corrected chi connectivity index (χ1v) is 7.43. The van der Waals surface area contributed by atoms with Crippen molar-refractivity contribution in [2.75, 3.05) is 26.2 Å². The van der Waals surface area contributed by atoms with Gasteiger partial charge < -0.3 is 15.3 Å². The Morgan fingerprint density at radius 2 is 2.11 bits per heavy atom. The summed E-state index contributed by atoms with van der Waals surface area (Å²) in [6.45, 7) is 7.80. The summed E-state index contributed by atoms with van der Waals surface area (Å²) in [6.07, 6.45) is 2.71. The van der Waals surface area contributed by atoms with Crippen molar-refractivity contribution in [2.45, 2.75) is 26.3 Å². The second kappa shape index (κ2) is 7.13. The second-order valence-electron chi connectivity index (χ2n) is 5.53. The first-order valence-electron chi connectivity index (χ1n) is 7.05. The lowest BCUT2D eigenvalue weighted by molar-refractivity contribution is 0.282. The molecule has 2 N–H and O–H groups in total. The molecule has 1 aromatic carbocycles. The Balaban J connectivity index is 1.68. The minimum atomic E-state index is 0.146. The van der Waals surface area contributed by atoms with Crippen LogP contribution in [0.5, 0.6) is 5.75 Å². The third-order valence-corrected chi connectivity index (χ3v) is 3.91. The molecule has 1 aromatic rings. The second-order valence-corrected chi connectivity index (χ2v) is 5.94. The molecule has 1 aliphatic rings. The van der Waals surface area contributed by atoms with Crippen LogP contribution in [-0.4, -0.2) is 36.2 Å². The van der Waals surface area contributed by atoms with Gasteiger partial charge >= 0.3 is 0 Å². The topological polar surface area (TPSA) is 35.5 Å². The molecule has 0 amide bonds. The fourth-order valence-corrected chi connectivity index (χ4v) is 2.80. The molecule has 19 heavy (non-hydrogen) atoms. The van der Waals surface area contributed by atoms with Gasteiger partial charge in [0.15, 0.2) is 0 Å². The largest absolute Gasteiger partial charge is 0.506 e. The van der Waals surface area contributed by atoms with Gasteiger partial charge in [-0.15, -0.1) is 0 Å². The van der Waals surface area contributed by atoms with Crippen LogP contribution in [0.4, 0.5) is 0 Å². The summed E-state index contributed by atoms with van der Waals surface area (Å²) in [5, 5.41) is 13.2. The quantitative estimate of drug-likeness (QED) is 0.842. The van der Waals surface area contributed by atoms with E-state index in [1.807, 2.05) is 12.1 Å². The van der Waals surface area contributed by atoms with E-state index in [2.05, 4.69) is 17.1 Å². The van der Waals surface area contributed by atoms with E-state index in [1.165, 1.54) is 32.5 Å². The number of rotatable bonds is 6. The predicted octanol–water partition coefficient (Wildman–Crippen LogP) is 2.87. The third kappa shape index (κ3) is 4.68. The molecular weight excluding hydrogens is 260 g/mol. The molecule has 1 saturated heterocycles. The summed E-state index contributed by atoms with van der Waals surface area (Å²) < 4.78 is 0. The predicted molar refractivity (Wildman–Crippen MR) is 79.7 cm³/mol. The van der Waals surface area contributed by atoms with Gasteiger partial charge in [-0.2, -0.15) is 0 Å². The van der Waals surface area contributed by atoms with Crippen molar-refractivity contribution in [1.82, 2.24) is 10.2 Å². The van der Waals surface area contributed by atoms with E-state index >= 15 is 0 Å². The summed E-state index contributed by atoms with van der Waals surface area (Å²) in [4.78, 5) is 2.55. The maximum Gasteiger partial charge on any atom is 0.134 e. The molecule has 106 valence electrons. The van der Waals surface area contributed by atoms with Crippen LogP contribution in [-0.2, 0) is 6.54 Å². The molecule has 1 heterocycles. The Morgan fingerprint density at radius 3 is 2.79 bits per heavy atom. The molecule has 1 atom stereocenters. The van der Waals surface area contributed by atoms with Gasteiger partial charge in [-0.25, -0.2) is 0 Å². The van der Waals surface area contributed by atoms with E-state index in [-0.39, 0.29) is 5.75 Å². The highest BCUT2D eigenvalue weighted by atomic mass is 35.5. The number of likely N-dealkylation sites (tertiary alicyclic amines) is 1. The molecule has 3 nitrogen and oxygen atoms in total. The number of aromatic hydroxyl groups is 1. The highest BCUT2D eigenvalue weighted by Crippen LogP contribution is 2.23. The average molecular weight is 283 g/mol. The molecule has 0 radical (unpaired) electrons. The summed E-state index contributed by atoms with van der Waals surface area (Å²) in [7, 11) is 0. The van der Waals surface area contributed by atoms with Gasteiger partial charge in [0.1, 0.15) is 5.75 Å². The van der Waals surface area contributed by atoms with Crippen molar-refractivity contribution in [3.63, 3.8) is 0 Å². The zero-order valence-electron chi connectivity index (χ0n) is 11.5. The molecule has 2 rings (SSSR count). The normalized spacial score (nSPS) is 17.8. The van der Waals surface area contributed by atoms with Crippen molar-refractivity contribution in [2.24, 2.45) is 5.92 Å². The Labute approximate surface area is 120 Å². The Bertz CT molecular complexity index is 405. The summed E-state index contributed by atoms with van der Waals surface area (Å²) in [5.74, 6) is 0.804. The molecule has 1 unspecified atom stereocenters. The lowest BCUT2D eigenvalue weighted by Crippen LogP contribution is -2.31. The van der Waals surface area contributed by atoms with E-state index in [0.29, 0.717) is 10.9 Å². The fraction of sp³-hybridized carbons (Fsp3) is 0.600. The molecule has 4 heteroatoms. The zero-order valence-corrected chi connectivity index (χ0v) is 12.3. The molecule has 0 saturated carbocycles. The lowest BCUT2D eigenvalue weighted by atomic mass is 10.1. The number of benzene rings is 1. The van der Waals surface area contributed by atoms with E-state index < -0.39 is 0 Å². The number of phenolic OH excluding ortho intramolecular Hbond substituents is 1. The maximum absolute atomic E-state index is 9.36. The van der Waals surface area contributed by atoms with Crippen LogP contribution in [0, 0.1) is 5.92 Å². The maximum atomic E-state index is 9.36. The van der Waals surface area contributed by atoms with Crippen LogP contribution < -0.4 is 5.32 Å². The highest BCUT2D eigenvalue weighted by Gasteiger charge is 2.14. The SMILES string of the molecule is CC(CNCc1ccc(O)c(Cl)c1)CN1CCCC1. The van der Waals surface area contributed by atoms with Crippen molar-refractivity contribution in [3.8, 4) is 5.75 Å². The summed E-state index contributed by atoms with van der Waals surface area (Å²) in [5.41, 5.74) is 1.11. The molecule has 0 aromatic heterocycles. The first kappa shape index (κ1) is 14.6. The minimum Gasteiger partial charge on any atom is -0.506 e. The fourth-order valence-electron chi connectivity index (χ4n) is 2.59. The number of halogens is 1. The number of hydrogen-bond donors (Lipinski definition) is 2. The number of nitrogens with zero attached hydrogens (tertiary/aromatic N) is 1. The van der Waals surface area contributed by atoms with Crippen LogP contribution in [0.3, 0.4) is 0 Å². The van der Waals surface area contributed by atoms with Gasteiger partial charge in [-0.3, -0.25) is 0 Å². The van der Waals surface area contributed by atoms with Crippen molar-refractivity contribution < 1.29 is 5.11 Å². The van der Waals surface area contributed by atoms with Crippen molar-refractivity contribution in [3.05, 3.63) is 28.8 Å². The molecule has 1 fully saturated rings. The minimum absolute atomic E-state index is 0.146. The molecule has 1 aliphatic heterocycles. The third-order valence-electron chi connectivity index (χ3n) is 3.60. The number of phenols is 1. The Kier molecular flexibility index (Phi) is 5.49. The summed E-state index contributed by atoms with van der Waals surface area (Å²) >= 11 is 5.88. The van der Waals surface area contributed by atoms with Crippen LogP contribution in [0.1, 0.15) is 25.3 Å². The number of hydrogen-bond acceptors (Lipinski definition) is 3. The smallest absolute Gasteiger partial charge is 0.134 e. The Hall–Kier alpha value is -0.770. The standard InChI is InChI=1S/C15H23ClN2O/c1-12(11-18-6-2-3-7-18)9-17-10-13-4-5-15(19)14(16)8-13/h4-5,8,12,17,19H,2-3,6-7,9-11H2,1H3. The van der Waals surface area contributed by atoms with Gasteiger partial charge in [-0.1, -0.05) is 24.6 Å². The van der Waals surface area contributed by atoms with E-state index in [9.17, 15) is 5.11 Å².